The number of hydrogen-bond donors (Lipinski definition) is 0. The molecule has 0 aromatic heterocycles. The summed E-state index contributed by atoms with van der Waals surface area (Å²) in [4.78, 5) is 31.6. The Bertz CT molecular complexity index is 1020. The third-order valence-electron chi connectivity index (χ3n) is 7.72. The molecule has 1 saturated heterocycles. The van der Waals surface area contributed by atoms with Crippen LogP contribution in [0.2, 0.25) is 5.04 Å². The molecule has 5 nitrogen and oxygen atoms in total. The minimum atomic E-state index is -2.86. The summed E-state index contributed by atoms with van der Waals surface area (Å²) in [6.07, 6.45) is 1.48. The molecular weight excluding hydrogens is 452 g/mol. The second kappa shape index (κ2) is 8.89. The summed E-state index contributed by atoms with van der Waals surface area (Å²) in [6, 6.07) is 21.0. The van der Waals surface area contributed by atoms with Crippen LogP contribution in [0.15, 0.2) is 60.7 Å². The first-order valence-corrected chi connectivity index (χ1v) is 14.7. The zero-order valence-electron chi connectivity index (χ0n) is 22.3. The van der Waals surface area contributed by atoms with Crippen LogP contribution in [0, 0.1) is 0 Å². The molecule has 1 saturated carbocycles. The summed E-state index contributed by atoms with van der Waals surface area (Å²) in [5.41, 5.74) is -0.956. The van der Waals surface area contributed by atoms with Gasteiger partial charge in [0.1, 0.15) is 11.0 Å². The minimum absolute atomic E-state index is 0.0641. The maximum atomic E-state index is 14.9. The van der Waals surface area contributed by atoms with E-state index in [0.29, 0.717) is 18.5 Å². The van der Waals surface area contributed by atoms with Crippen LogP contribution in [0.25, 0.3) is 0 Å². The number of ether oxygens (including phenoxy) is 1. The molecule has 0 spiro atoms. The lowest BCUT2D eigenvalue weighted by molar-refractivity contribution is -0.122. The van der Waals surface area contributed by atoms with Gasteiger partial charge in [0.05, 0.1) is 11.6 Å². The average molecular weight is 493 g/mol. The number of nitrogens with zero attached hydrogens (tertiary/aromatic N) is 2. The van der Waals surface area contributed by atoms with Crippen molar-refractivity contribution in [1.82, 2.24) is 9.80 Å². The van der Waals surface area contributed by atoms with E-state index >= 15 is 0 Å². The number of amides is 1. The van der Waals surface area contributed by atoms with E-state index in [-0.39, 0.29) is 17.2 Å². The molecule has 0 unspecified atom stereocenters. The van der Waals surface area contributed by atoms with E-state index in [1.54, 1.807) is 11.9 Å². The van der Waals surface area contributed by atoms with E-state index in [2.05, 4.69) is 74.2 Å². The molecule has 6 heteroatoms. The molecule has 2 aromatic carbocycles. The Hall–Kier alpha value is -2.44. The third kappa shape index (κ3) is 4.47. The Balaban J connectivity index is 1.66. The fourth-order valence-electron chi connectivity index (χ4n) is 5.70. The summed E-state index contributed by atoms with van der Waals surface area (Å²) in [6.45, 7) is 13.8. The largest absolute Gasteiger partial charge is 0.444 e. The fraction of sp³-hybridized carbons (Fsp3) is 0.517. The van der Waals surface area contributed by atoms with Gasteiger partial charge in [0.25, 0.3) is 0 Å². The second-order valence-corrected chi connectivity index (χ2v) is 16.9. The Morgan fingerprint density at radius 1 is 0.886 bits per heavy atom. The van der Waals surface area contributed by atoms with Gasteiger partial charge in [0.15, 0.2) is 0 Å². The Labute approximate surface area is 211 Å². The zero-order chi connectivity index (χ0) is 25.6. The summed E-state index contributed by atoms with van der Waals surface area (Å²) >= 11 is 0. The van der Waals surface area contributed by atoms with Crippen LogP contribution in [0.5, 0.6) is 0 Å². The van der Waals surface area contributed by atoms with Crippen LogP contribution in [-0.4, -0.2) is 66.7 Å². The molecule has 2 aliphatic rings. The van der Waals surface area contributed by atoms with E-state index < -0.39 is 19.2 Å². The zero-order valence-corrected chi connectivity index (χ0v) is 23.3. The van der Waals surface area contributed by atoms with E-state index in [4.69, 9.17) is 4.74 Å². The first-order chi connectivity index (χ1) is 16.3. The second-order valence-electron chi connectivity index (χ2n) is 12.2. The van der Waals surface area contributed by atoms with Gasteiger partial charge in [0.2, 0.25) is 8.07 Å². The SMILES string of the molecule is CN(C(=O)OC(C)(C)C)C1CN(C2(C(=O)[Si](c3ccccc3)(c3ccccc3)C(C)(C)C)CC2)C1. The molecule has 2 fully saturated rings. The predicted molar refractivity (Wildman–Crippen MR) is 144 cm³/mol. The van der Waals surface area contributed by atoms with Crippen molar-refractivity contribution in [1.29, 1.82) is 0 Å². The van der Waals surface area contributed by atoms with Crippen LogP contribution in [0.1, 0.15) is 54.4 Å². The van der Waals surface area contributed by atoms with Crippen molar-refractivity contribution in [2.24, 2.45) is 0 Å². The fourth-order valence-corrected chi connectivity index (χ4v) is 11.5. The number of hydrogen-bond acceptors (Lipinski definition) is 4. The first-order valence-electron chi connectivity index (χ1n) is 12.7. The highest BCUT2D eigenvalue weighted by Gasteiger charge is 2.67. The lowest BCUT2D eigenvalue weighted by Crippen LogP contribution is -2.76. The number of likely N-dealkylation sites (tertiary alicyclic amines) is 1. The molecule has 2 aromatic rings. The van der Waals surface area contributed by atoms with E-state index in [9.17, 15) is 9.59 Å². The van der Waals surface area contributed by atoms with Crippen LogP contribution in [-0.2, 0) is 9.53 Å². The van der Waals surface area contributed by atoms with Gasteiger partial charge in [-0.3, -0.25) is 4.90 Å². The number of carbonyl (C=O) groups excluding carboxylic acids is 2. The number of benzene rings is 2. The highest BCUT2D eigenvalue weighted by molar-refractivity contribution is 7.24. The van der Waals surface area contributed by atoms with Gasteiger partial charge in [-0.05, 0) is 49.0 Å². The van der Waals surface area contributed by atoms with Gasteiger partial charge in [-0.1, -0.05) is 81.4 Å². The molecule has 0 atom stereocenters. The van der Waals surface area contributed by atoms with Crippen molar-refractivity contribution >= 4 is 29.9 Å². The van der Waals surface area contributed by atoms with Crippen molar-refractivity contribution in [3.05, 3.63) is 60.7 Å². The normalized spacial score (nSPS) is 18.5. The number of rotatable bonds is 6. The van der Waals surface area contributed by atoms with Gasteiger partial charge in [0, 0.05) is 20.1 Å². The summed E-state index contributed by atoms with van der Waals surface area (Å²) in [7, 11) is -1.05. The van der Waals surface area contributed by atoms with E-state index in [1.807, 2.05) is 32.9 Å². The third-order valence-corrected chi connectivity index (χ3v) is 13.5. The molecule has 1 aliphatic heterocycles. The number of carbonyl (C=O) groups is 2. The molecule has 1 aliphatic carbocycles. The van der Waals surface area contributed by atoms with E-state index in [0.717, 1.165) is 12.8 Å². The Morgan fingerprint density at radius 3 is 1.71 bits per heavy atom. The summed E-state index contributed by atoms with van der Waals surface area (Å²) in [5, 5.41) is 2.56. The van der Waals surface area contributed by atoms with Crippen LogP contribution in [0.3, 0.4) is 0 Å². The number of likely N-dealkylation sites (N-methyl/N-ethyl adjacent to an activating group) is 1. The van der Waals surface area contributed by atoms with Gasteiger partial charge in [-0.25, -0.2) is 4.79 Å². The van der Waals surface area contributed by atoms with Crippen LogP contribution in [0.4, 0.5) is 4.79 Å². The lowest BCUT2D eigenvalue weighted by atomic mass is 10.0. The van der Waals surface area contributed by atoms with Crippen molar-refractivity contribution in [3.8, 4) is 0 Å². The molecule has 0 N–H and O–H groups in total. The molecule has 35 heavy (non-hydrogen) atoms. The summed E-state index contributed by atoms with van der Waals surface area (Å²) in [5.74, 6) is 0. The highest BCUT2D eigenvalue weighted by Crippen LogP contribution is 2.51. The van der Waals surface area contributed by atoms with E-state index in [1.165, 1.54) is 10.4 Å². The monoisotopic (exact) mass is 492 g/mol. The quantitative estimate of drug-likeness (QED) is 0.566. The molecule has 0 bridgehead atoms. The first kappa shape index (κ1) is 25.6. The van der Waals surface area contributed by atoms with Crippen LogP contribution >= 0.6 is 0 Å². The molecular formula is C29H40N2O3Si. The average Bonchev–Trinajstić information content (AvgIpc) is 3.54. The highest BCUT2D eigenvalue weighted by atomic mass is 28.3. The molecule has 1 heterocycles. The molecule has 1 amide bonds. The van der Waals surface area contributed by atoms with Gasteiger partial charge in [-0.2, -0.15) is 0 Å². The van der Waals surface area contributed by atoms with Crippen LogP contribution < -0.4 is 10.4 Å². The summed E-state index contributed by atoms with van der Waals surface area (Å²) < 4.78 is 5.56. The van der Waals surface area contributed by atoms with Crippen molar-refractivity contribution < 1.29 is 14.3 Å². The Kier molecular flexibility index (Phi) is 6.52. The van der Waals surface area contributed by atoms with Gasteiger partial charge >= 0.3 is 6.09 Å². The maximum Gasteiger partial charge on any atom is 0.410 e. The standard InChI is InChI=1S/C29H40N2O3Si/c1-27(2,3)34-26(33)30(7)22-20-31(21-22)29(18-19-29)25(32)35(28(4,5)6,23-14-10-8-11-15-23)24-16-12-9-13-17-24/h8-17,22H,18-21H2,1-7H3. The minimum Gasteiger partial charge on any atom is -0.444 e. The molecule has 188 valence electrons. The Morgan fingerprint density at radius 2 is 1.34 bits per heavy atom. The lowest BCUT2D eigenvalue weighted by Gasteiger charge is -2.51. The topological polar surface area (TPSA) is 49.9 Å². The van der Waals surface area contributed by atoms with Crippen molar-refractivity contribution in [2.45, 2.75) is 76.6 Å². The maximum absolute atomic E-state index is 14.9. The van der Waals surface area contributed by atoms with Crippen molar-refractivity contribution in [3.63, 3.8) is 0 Å². The smallest absolute Gasteiger partial charge is 0.410 e. The predicted octanol–water partition coefficient (Wildman–Crippen LogP) is 4.24. The van der Waals surface area contributed by atoms with Crippen molar-refractivity contribution in [2.75, 3.05) is 20.1 Å². The van der Waals surface area contributed by atoms with Gasteiger partial charge in [-0.15, -0.1) is 0 Å². The molecule has 0 radical (unpaired) electrons. The molecule has 4 rings (SSSR count). The van der Waals surface area contributed by atoms with Gasteiger partial charge < -0.3 is 14.4 Å².